The summed E-state index contributed by atoms with van der Waals surface area (Å²) in [6.45, 7) is 3.80. The topological polar surface area (TPSA) is 78.4 Å². The van der Waals surface area contributed by atoms with Gasteiger partial charge in [0, 0.05) is 18.4 Å². The first-order valence-corrected chi connectivity index (χ1v) is 4.69. The van der Waals surface area contributed by atoms with Gasteiger partial charge in [-0.25, -0.2) is 9.97 Å². The smallest absolute Gasteiger partial charge is 0.277 e. The highest BCUT2D eigenvalue weighted by atomic mass is 16.3. The summed E-state index contributed by atoms with van der Waals surface area (Å²) < 4.78 is 0. The fourth-order valence-electron chi connectivity index (χ4n) is 1.58. The molecule has 1 unspecified atom stereocenters. The highest BCUT2D eigenvalue weighted by Crippen LogP contribution is 2.22. The number of fused-ring (bicyclic) bond motifs is 1. The Bertz CT molecular complexity index is 393. The van der Waals surface area contributed by atoms with Crippen LogP contribution in [0.15, 0.2) is 12.4 Å². The fraction of sp³-hybridized carbons (Fsp3) is 0.444. The summed E-state index contributed by atoms with van der Waals surface area (Å²) >= 11 is 0. The predicted molar refractivity (Wildman–Crippen MR) is 53.1 cm³/mol. The van der Waals surface area contributed by atoms with Crippen LogP contribution in [-0.2, 0) is 0 Å². The van der Waals surface area contributed by atoms with Gasteiger partial charge >= 0.3 is 0 Å². The van der Waals surface area contributed by atoms with Crippen molar-refractivity contribution in [3.05, 3.63) is 18.1 Å². The van der Waals surface area contributed by atoms with E-state index in [1.54, 1.807) is 4.90 Å². The lowest BCUT2D eigenvalue weighted by molar-refractivity contribution is 0.0717. The lowest BCUT2D eigenvalue weighted by atomic mass is 10.2. The van der Waals surface area contributed by atoms with Crippen LogP contribution in [0.25, 0.3) is 0 Å². The van der Waals surface area contributed by atoms with Crippen molar-refractivity contribution in [2.75, 3.05) is 4.90 Å². The van der Waals surface area contributed by atoms with Crippen LogP contribution in [0.3, 0.4) is 0 Å². The van der Waals surface area contributed by atoms with Crippen LogP contribution in [0.2, 0.25) is 0 Å². The third kappa shape index (κ3) is 1.52. The molecule has 0 fully saturated rings. The highest BCUT2D eigenvalue weighted by Gasteiger charge is 2.32. The number of amides is 1. The first kappa shape index (κ1) is 9.85. The normalized spacial score (nSPS) is 20.1. The van der Waals surface area contributed by atoms with Gasteiger partial charge in [0.15, 0.2) is 11.5 Å². The summed E-state index contributed by atoms with van der Waals surface area (Å²) in [5.41, 5.74) is 0.247. The Labute approximate surface area is 87.0 Å². The van der Waals surface area contributed by atoms with Crippen LogP contribution in [-0.4, -0.2) is 33.4 Å². The number of aliphatic hydroxyl groups excluding tert-OH is 1. The van der Waals surface area contributed by atoms with Crippen LogP contribution < -0.4 is 10.2 Å². The maximum Gasteiger partial charge on any atom is 0.277 e. The molecule has 1 aromatic heterocycles. The number of aliphatic hydroxyl groups is 1. The van der Waals surface area contributed by atoms with Gasteiger partial charge in [0.25, 0.3) is 5.91 Å². The van der Waals surface area contributed by atoms with E-state index in [-0.39, 0.29) is 11.7 Å². The van der Waals surface area contributed by atoms with Crippen molar-refractivity contribution >= 4 is 11.7 Å². The van der Waals surface area contributed by atoms with Gasteiger partial charge in [-0.1, -0.05) is 0 Å². The minimum absolute atomic E-state index is 0.0241. The number of hydrogen-bond donors (Lipinski definition) is 2. The number of rotatable bonds is 1. The molecule has 15 heavy (non-hydrogen) atoms. The molecule has 6 nitrogen and oxygen atoms in total. The number of anilines is 1. The molecule has 0 bridgehead atoms. The van der Waals surface area contributed by atoms with Gasteiger partial charge < -0.3 is 15.3 Å². The van der Waals surface area contributed by atoms with Crippen LogP contribution in [0.4, 0.5) is 5.82 Å². The highest BCUT2D eigenvalue weighted by molar-refractivity contribution is 5.98. The Morgan fingerprint density at radius 2 is 2.13 bits per heavy atom. The Balaban J connectivity index is 2.51. The molecule has 2 N–H and O–H groups in total. The number of nitrogens with zero attached hydrogens (tertiary/aromatic N) is 3. The SMILES string of the molecule is CC(C)N1c2nccnc2C(=O)NC1O. The van der Waals surface area contributed by atoms with E-state index in [9.17, 15) is 9.90 Å². The van der Waals surface area contributed by atoms with Crippen LogP contribution in [0, 0.1) is 0 Å². The minimum Gasteiger partial charge on any atom is -0.356 e. The van der Waals surface area contributed by atoms with Crippen LogP contribution in [0.1, 0.15) is 24.3 Å². The van der Waals surface area contributed by atoms with Crippen molar-refractivity contribution in [2.24, 2.45) is 0 Å². The molecule has 1 amide bonds. The van der Waals surface area contributed by atoms with Crippen molar-refractivity contribution in [3.8, 4) is 0 Å². The summed E-state index contributed by atoms with van der Waals surface area (Å²) in [7, 11) is 0. The van der Waals surface area contributed by atoms with Gasteiger partial charge in [-0.05, 0) is 13.8 Å². The largest absolute Gasteiger partial charge is 0.356 e. The zero-order valence-corrected chi connectivity index (χ0v) is 8.51. The average molecular weight is 208 g/mol. The van der Waals surface area contributed by atoms with Crippen molar-refractivity contribution in [2.45, 2.75) is 26.2 Å². The molecule has 1 aromatic rings. The second-order valence-electron chi connectivity index (χ2n) is 3.58. The molecule has 0 saturated carbocycles. The standard InChI is InChI=1S/C9H12N4O2/c1-5(2)13-7-6(10-3-4-11-7)8(14)12-9(13)15/h3-5,9,15H,1-2H3,(H,12,14). The summed E-state index contributed by atoms with van der Waals surface area (Å²) in [6, 6.07) is 0.0241. The van der Waals surface area contributed by atoms with Crippen LogP contribution >= 0.6 is 0 Å². The first-order valence-electron chi connectivity index (χ1n) is 4.69. The molecule has 2 rings (SSSR count). The van der Waals surface area contributed by atoms with Crippen molar-refractivity contribution in [3.63, 3.8) is 0 Å². The van der Waals surface area contributed by atoms with Crippen LogP contribution in [0.5, 0.6) is 0 Å². The molecule has 2 heterocycles. The lowest BCUT2D eigenvalue weighted by Gasteiger charge is -2.36. The molecular weight excluding hydrogens is 196 g/mol. The second kappa shape index (κ2) is 3.47. The number of hydrogen-bond acceptors (Lipinski definition) is 5. The molecule has 1 aliphatic heterocycles. The third-order valence-corrected chi connectivity index (χ3v) is 2.22. The van der Waals surface area contributed by atoms with Gasteiger partial charge in [0.2, 0.25) is 6.35 Å². The predicted octanol–water partition coefficient (Wildman–Crippen LogP) is -0.289. The van der Waals surface area contributed by atoms with Gasteiger partial charge in [-0.3, -0.25) is 4.79 Å². The summed E-state index contributed by atoms with van der Waals surface area (Å²) in [5, 5.41) is 12.1. The number of nitrogens with one attached hydrogen (secondary N) is 1. The number of carbonyl (C=O) groups excluding carboxylic acids is 1. The van der Waals surface area contributed by atoms with Crippen molar-refractivity contribution in [1.29, 1.82) is 0 Å². The quantitative estimate of drug-likeness (QED) is 0.663. The van der Waals surface area contributed by atoms with Crippen molar-refractivity contribution < 1.29 is 9.90 Å². The molecule has 0 radical (unpaired) electrons. The average Bonchev–Trinajstić information content (AvgIpc) is 2.17. The zero-order valence-electron chi connectivity index (χ0n) is 8.51. The summed E-state index contributed by atoms with van der Waals surface area (Å²) in [4.78, 5) is 21.1. The Morgan fingerprint density at radius 1 is 1.47 bits per heavy atom. The maximum atomic E-state index is 11.5. The molecular formula is C9H12N4O2. The zero-order chi connectivity index (χ0) is 11.0. The number of aromatic nitrogens is 2. The van der Waals surface area contributed by atoms with E-state index < -0.39 is 12.3 Å². The third-order valence-electron chi connectivity index (χ3n) is 2.22. The van der Waals surface area contributed by atoms with E-state index in [4.69, 9.17) is 0 Å². The molecule has 1 aliphatic rings. The molecule has 80 valence electrons. The second-order valence-corrected chi connectivity index (χ2v) is 3.58. The first-order chi connectivity index (χ1) is 7.11. The molecule has 6 heteroatoms. The maximum absolute atomic E-state index is 11.5. The van der Waals surface area contributed by atoms with E-state index in [0.717, 1.165) is 0 Å². The van der Waals surface area contributed by atoms with E-state index in [0.29, 0.717) is 5.82 Å². The lowest BCUT2D eigenvalue weighted by Crippen LogP contribution is -2.56. The van der Waals surface area contributed by atoms with Gasteiger partial charge in [0.1, 0.15) is 0 Å². The van der Waals surface area contributed by atoms with E-state index in [1.807, 2.05) is 13.8 Å². The van der Waals surface area contributed by atoms with E-state index in [1.165, 1.54) is 12.4 Å². The Kier molecular flexibility index (Phi) is 2.28. The van der Waals surface area contributed by atoms with Gasteiger partial charge in [0.05, 0.1) is 0 Å². The molecule has 1 atom stereocenters. The molecule has 0 saturated heterocycles. The van der Waals surface area contributed by atoms with Gasteiger partial charge in [-0.15, -0.1) is 0 Å². The Morgan fingerprint density at radius 3 is 2.80 bits per heavy atom. The number of carbonyl (C=O) groups is 1. The molecule has 0 spiro atoms. The van der Waals surface area contributed by atoms with E-state index in [2.05, 4.69) is 15.3 Å². The Hall–Kier alpha value is -1.69. The summed E-state index contributed by atoms with van der Waals surface area (Å²) in [5.74, 6) is 0.0197. The fourth-order valence-corrected chi connectivity index (χ4v) is 1.58. The monoisotopic (exact) mass is 208 g/mol. The minimum atomic E-state index is -1.04. The molecule has 0 aromatic carbocycles. The van der Waals surface area contributed by atoms with Crippen molar-refractivity contribution in [1.82, 2.24) is 15.3 Å². The summed E-state index contributed by atoms with van der Waals surface area (Å²) in [6.07, 6.45) is 1.91. The molecule has 0 aliphatic carbocycles. The van der Waals surface area contributed by atoms with Gasteiger partial charge in [-0.2, -0.15) is 0 Å². The van der Waals surface area contributed by atoms with E-state index >= 15 is 0 Å².